The average Bonchev–Trinajstić information content (AvgIpc) is 2.55. The van der Waals surface area contributed by atoms with Gasteiger partial charge in [0.25, 0.3) is 0 Å². The van der Waals surface area contributed by atoms with Gasteiger partial charge in [-0.05, 0) is 94.4 Å². The normalized spacial score (nSPS) is 17.8. The van der Waals surface area contributed by atoms with Gasteiger partial charge in [0, 0.05) is 50.3 Å². The fraction of sp³-hybridized carbons (Fsp3) is 1.00. The highest BCUT2D eigenvalue weighted by atomic mass is 15.3. The van der Waals surface area contributed by atoms with Gasteiger partial charge in [-0.3, -0.25) is 9.80 Å². The molecule has 1 saturated heterocycles. The molecule has 0 unspecified atom stereocenters. The second-order valence-electron chi connectivity index (χ2n) is 9.24. The van der Waals surface area contributed by atoms with Gasteiger partial charge in [-0.1, -0.05) is 0 Å². The lowest BCUT2D eigenvalue weighted by Gasteiger charge is -2.37. The molecular formula is C22H48N4. The maximum absolute atomic E-state index is 2.67. The van der Waals surface area contributed by atoms with E-state index in [1.807, 2.05) is 0 Å². The van der Waals surface area contributed by atoms with Crippen LogP contribution in [0, 0.1) is 0 Å². The van der Waals surface area contributed by atoms with Crippen molar-refractivity contribution in [3.63, 3.8) is 0 Å². The van der Waals surface area contributed by atoms with Crippen molar-refractivity contribution in [2.75, 3.05) is 52.4 Å². The summed E-state index contributed by atoms with van der Waals surface area (Å²) < 4.78 is 0. The topological polar surface area (TPSA) is 13.0 Å². The predicted octanol–water partition coefficient (Wildman–Crippen LogP) is 3.62. The van der Waals surface area contributed by atoms with Gasteiger partial charge in [0.1, 0.15) is 0 Å². The van der Waals surface area contributed by atoms with E-state index in [1.54, 1.807) is 0 Å². The molecule has 0 aromatic heterocycles. The highest BCUT2D eigenvalue weighted by Crippen LogP contribution is 2.10. The van der Waals surface area contributed by atoms with Crippen LogP contribution in [0.2, 0.25) is 0 Å². The van der Waals surface area contributed by atoms with Gasteiger partial charge in [0.05, 0.1) is 0 Å². The summed E-state index contributed by atoms with van der Waals surface area (Å²) in [6, 6.07) is 2.62. The maximum atomic E-state index is 2.67. The maximum Gasteiger partial charge on any atom is 0.0110 e. The molecule has 4 nitrogen and oxygen atoms in total. The molecule has 26 heavy (non-hydrogen) atoms. The molecule has 1 fully saturated rings. The van der Waals surface area contributed by atoms with Crippen molar-refractivity contribution in [2.45, 2.75) is 92.4 Å². The van der Waals surface area contributed by atoms with E-state index in [2.05, 4.69) is 75.0 Å². The van der Waals surface area contributed by atoms with E-state index in [-0.39, 0.29) is 0 Å². The fourth-order valence-electron chi connectivity index (χ4n) is 4.42. The molecule has 0 radical (unpaired) electrons. The lowest BCUT2D eigenvalue weighted by Crippen LogP contribution is -2.48. The van der Waals surface area contributed by atoms with E-state index >= 15 is 0 Å². The molecule has 4 heteroatoms. The van der Waals surface area contributed by atoms with Crippen molar-refractivity contribution in [3.05, 3.63) is 0 Å². The third-order valence-electron chi connectivity index (χ3n) is 5.90. The summed E-state index contributed by atoms with van der Waals surface area (Å²) in [5.74, 6) is 0. The molecule has 1 heterocycles. The summed E-state index contributed by atoms with van der Waals surface area (Å²) in [5, 5.41) is 0. The minimum Gasteiger partial charge on any atom is -0.301 e. The second-order valence-corrected chi connectivity index (χ2v) is 9.24. The van der Waals surface area contributed by atoms with Crippen LogP contribution in [-0.4, -0.2) is 96.1 Å². The first-order valence-corrected chi connectivity index (χ1v) is 11.2. The van der Waals surface area contributed by atoms with Crippen molar-refractivity contribution < 1.29 is 0 Å². The predicted molar refractivity (Wildman–Crippen MR) is 116 cm³/mol. The average molecular weight is 369 g/mol. The Morgan fingerprint density at radius 2 is 0.808 bits per heavy atom. The van der Waals surface area contributed by atoms with Gasteiger partial charge in [0.2, 0.25) is 0 Å². The monoisotopic (exact) mass is 368 g/mol. The van der Waals surface area contributed by atoms with Crippen LogP contribution < -0.4 is 0 Å². The first-order chi connectivity index (χ1) is 12.2. The molecule has 0 saturated carbocycles. The molecule has 156 valence electrons. The Balaban J connectivity index is 2.18. The minimum atomic E-state index is 0.656. The quantitative estimate of drug-likeness (QED) is 0.521. The van der Waals surface area contributed by atoms with Crippen LogP contribution in [0.5, 0.6) is 0 Å². The first kappa shape index (κ1) is 23.9. The Bertz CT molecular complexity index is 296. The Morgan fingerprint density at radius 3 is 1.04 bits per heavy atom. The van der Waals surface area contributed by atoms with Crippen molar-refractivity contribution in [3.8, 4) is 0 Å². The summed E-state index contributed by atoms with van der Waals surface area (Å²) in [4.78, 5) is 10.6. The van der Waals surface area contributed by atoms with E-state index in [0.29, 0.717) is 24.2 Å². The summed E-state index contributed by atoms with van der Waals surface area (Å²) in [6.07, 6.45) is 2.60. The van der Waals surface area contributed by atoms with Crippen LogP contribution in [0.4, 0.5) is 0 Å². The largest absolute Gasteiger partial charge is 0.301 e. The smallest absolute Gasteiger partial charge is 0.0110 e. The minimum absolute atomic E-state index is 0.656. The van der Waals surface area contributed by atoms with Gasteiger partial charge < -0.3 is 9.80 Å². The highest BCUT2D eigenvalue weighted by molar-refractivity contribution is 4.75. The number of nitrogens with zero attached hydrogens (tertiary/aromatic N) is 4. The van der Waals surface area contributed by atoms with E-state index in [1.165, 1.54) is 65.2 Å². The van der Waals surface area contributed by atoms with Gasteiger partial charge >= 0.3 is 0 Å². The van der Waals surface area contributed by atoms with E-state index in [4.69, 9.17) is 0 Å². The van der Waals surface area contributed by atoms with Gasteiger partial charge in [-0.15, -0.1) is 0 Å². The van der Waals surface area contributed by atoms with Gasteiger partial charge in [-0.25, -0.2) is 0 Å². The van der Waals surface area contributed by atoms with Crippen LogP contribution in [0.25, 0.3) is 0 Å². The second kappa shape index (κ2) is 12.3. The Labute approximate surface area is 164 Å². The molecule has 0 aromatic rings. The number of hydrogen-bond donors (Lipinski definition) is 0. The molecule has 0 atom stereocenters. The molecule has 1 rings (SSSR count). The third kappa shape index (κ3) is 8.69. The summed E-state index contributed by atoms with van der Waals surface area (Å²) >= 11 is 0. The lowest BCUT2D eigenvalue weighted by molar-refractivity contribution is 0.109. The van der Waals surface area contributed by atoms with Crippen LogP contribution in [-0.2, 0) is 0 Å². The van der Waals surface area contributed by atoms with Crippen LogP contribution in [0.3, 0.4) is 0 Å². The SMILES string of the molecule is CC(C)N(CCCN1CCN(CCCN(C(C)C)C(C)C)CC1)C(C)C. The molecule has 0 aliphatic carbocycles. The Hall–Kier alpha value is -0.160. The van der Waals surface area contributed by atoms with E-state index in [9.17, 15) is 0 Å². The third-order valence-corrected chi connectivity index (χ3v) is 5.90. The molecule has 0 bridgehead atoms. The van der Waals surface area contributed by atoms with Crippen molar-refractivity contribution in [1.82, 2.24) is 19.6 Å². The van der Waals surface area contributed by atoms with Crippen LogP contribution in [0.15, 0.2) is 0 Å². The number of piperazine rings is 1. The van der Waals surface area contributed by atoms with Crippen LogP contribution in [0.1, 0.15) is 68.2 Å². The highest BCUT2D eigenvalue weighted by Gasteiger charge is 2.19. The molecule has 0 amide bonds. The zero-order valence-corrected chi connectivity index (χ0v) is 19.2. The number of rotatable bonds is 12. The van der Waals surface area contributed by atoms with E-state index in [0.717, 1.165) is 0 Å². The molecule has 1 aliphatic heterocycles. The van der Waals surface area contributed by atoms with Crippen molar-refractivity contribution >= 4 is 0 Å². The van der Waals surface area contributed by atoms with Gasteiger partial charge in [0.15, 0.2) is 0 Å². The standard InChI is InChI=1S/C22H48N4/c1-19(2)25(20(3)4)13-9-11-23-15-17-24(18-16-23)12-10-14-26(21(5)6)22(7)8/h19-22H,9-18H2,1-8H3. The Morgan fingerprint density at radius 1 is 0.538 bits per heavy atom. The molecule has 1 aliphatic rings. The molecular weight excluding hydrogens is 320 g/mol. The molecule has 0 aromatic carbocycles. The van der Waals surface area contributed by atoms with Gasteiger partial charge in [-0.2, -0.15) is 0 Å². The fourth-order valence-corrected chi connectivity index (χ4v) is 4.42. The summed E-state index contributed by atoms with van der Waals surface area (Å²) in [7, 11) is 0. The lowest BCUT2D eigenvalue weighted by atomic mass is 10.2. The number of hydrogen-bond acceptors (Lipinski definition) is 4. The summed E-state index contributed by atoms with van der Waals surface area (Å²) in [5.41, 5.74) is 0. The van der Waals surface area contributed by atoms with E-state index < -0.39 is 0 Å². The molecule has 0 spiro atoms. The first-order valence-electron chi connectivity index (χ1n) is 11.2. The van der Waals surface area contributed by atoms with Crippen molar-refractivity contribution in [2.24, 2.45) is 0 Å². The van der Waals surface area contributed by atoms with Crippen molar-refractivity contribution in [1.29, 1.82) is 0 Å². The molecule has 0 N–H and O–H groups in total. The Kier molecular flexibility index (Phi) is 11.3. The zero-order valence-electron chi connectivity index (χ0n) is 19.2. The zero-order chi connectivity index (χ0) is 19.7. The van der Waals surface area contributed by atoms with Crippen LogP contribution >= 0.6 is 0 Å². The summed E-state index contributed by atoms with van der Waals surface area (Å²) in [6.45, 7) is 28.5.